The van der Waals surface area contributed by atoms with Crippen LogP contribution in [0.1, 0.15) is 51.4 Å². The molecule has 25 heavy (non-hydrogen) atoms. The highest BCUT2D eigenvalue weighted by molar-refractivity contribution is 7.87. The number of benzene rings is 2. The molecular formula is C23H28ClP. The molecule has 2 saturated carbocycles. The maximum atomic E-state index is 6.70. The fraction of sp³-hybridized carbons (Fsp3) is 0.435. The van der Waals surface area contributed by atoms with E-state index in [4.69, 9.17) is 11.6 Å². The Morgan fingerprint density at radius 2 is 1.16 bits per heavy atom. The molecule has 2 aliphatic rings. The standard InChI is InChI=1S/C23H28ClP/c24-18-25(21-10-4-5-11-21,22-12-6-7-13-22)23-16-14-20(15-17-23)19-8-2-1-3-9-19/h1-3,8-9,14-18,21-22H,4-7,10-13H2. The van der Waals surface area contributed by atoms with Gasteiger partial charge < -0.3 is 11.6 Å². The molecule has 0 N–H and O–H groups in total. The summed E-state index contributed by atoms with van der Waals surface area (Å²) in [6.45, 7) is 0. The first kappa shape index (κ1) is 17.6. The third kappa shape index (κ3) is 3.29. The summed E-state index contributed by atoms with van der Waals surface area (Å²) in [6, 6.07) is 20.2. The third-order valence-corrected chi connectivity index (χ3v) is 12.4. The fourth-order valence-electron chi connectivity index (χ4n) is 5.14. The van der Waals surface area contributed by atoms with Crippen LogP contribution in [0.4, 0.5) is 0 Å². The van der Waals surface area contributed by atoms with Crippen LogP contribution in [0.25, 0.3) is 11.1 Å². The molecule has 0 radical (unpaired) electrons. The second-order valence-electron chi connectivity index (χ2n) is 7.72. The molecule has 0 aliphatic heterocycles. The first-order valence-corrected chi connectivity index (χ1v) is 12.3. The molecule has 0 unspecified atom stereocenters. The number of halogens is 1. The lowest BCUT2D eigenvalue weighted by Gasteiger charge is -2.43. The molecule has 0 amide bonds. The summed E-state index contributed by atoms with van der Waals surface area (Å²) in [6.07, 6.45) is 11.1. The van der Waals surface area contributed by atoms with Crippen LogP contribution in [0.3, 0.4) is 0 Å². The van der Waals surface area contributed by atoms with E-state index in [-0.39, 0.29) is 0 Å². The van der Waals surface area contributed by atoms with Crippen molar-refractivity contribution in [3.05, 3.63) is 60.2 Å². The monoisotopic (exact) mass is 370 g/mol. The minimum Gasteiger partial charge on any atom is -0.304 e. The maximum Gasteiger partial charge on any atom is 0.0665 e. The molecule has 0 spiro atoms. The van der Waals surface area contributed by atoms with E-state index in [2.05, 4.69) is 60.2 Å². The van der Waals surface area contributed by atoms with Crippen LogP contribution < -0.4 is 5.30 Å². The third-order valence-electron chi connectivity index (χ3n) is 6.44. The topological polar surface area (TPSA) is 0 Å². The van der Waals surface area contributed by atoms with Crippen LogP contribution in [0, 0.1) is 5.62 Å². The zero-order valence-corrected chi connectivity index (χ0v) is 16.6. The van der Waals surface area contributed by atoms with Gasteiger partial charge in [0.15, 0.2) is 0 Å². The number of hydrogen-bond donors (Lipinski definition) is 0. The molecule has 132 valence electrons. The van der Waals surface area contributed by atoms with E-state index in [9.17, 15) is 0 Å². The second-order valence-corrected chi connectivity index (χ2v) is 12.1. The van der Waals surface area contributed by atoms with E-state index < -0.39 is 7.26 Å². The summed E-state index contributed by atoms with van der Waals surface area (Å²) in [5, 5.41) is 1.56. The quantitative estimate of drug-likeness (QED) is 0.384. The zero-order chi connectivity index (χ0) is 17.1. The molecule has 0 nitrogen and oxygen atoms in total. The Hall–Kier alpha value is -0.840. The van der Waals surface area contributed by atoms with Gasteiger partial charge >= 0.3 is 0 Å². The van der Waals surface area contributed by atoms with E-state index >= 15 is 0 Å². The van der Waals surface area contributed by atoms with Crippen molar-refractivity contribution < 1.29 is 0 Å². The SMILES string of the molecule is Cl[CH-][P+](c1ccc(-c2ccccc2)cc1)(C1CCCC1)C1CCCC1. The summed E-state index contributed by atoms with van der Waals surface area (Å²) in [7, 11) is -1.40. The molecule has 0 aromatic heterocycles. The van der Waals surface area contributed by atoms with Gasteiger partial charge in [-0.05, 0) is 74.6 Å². The molecule has 2 aromatic rings. The van der Waals surface area contributed by atoms with E-state index in [0.29, 0.717) is 0 Å². The Labute approximate surface area is 158 Å². The zero-order valence-electron chi connectivity index (χ0n) is 14.9. The van der Waals surface area contributed by atoms with Crippen LogP contribution in [-0.4, -0.2) is 11.3 Å². The van der Waals surface area contributed by atoms with Gasteiger partial charge in [-0.25, -0.2) is 0 Å². The van der Waals surface area contributed by atoms with Crippen LogP contribution in [0.2, 0.25) is 0 Å². The van der Waals surface area contributed by atoms with Crippen molar-refractivity contribution in [2.24, 2.45) is 0 Å². The largest absolute Gasteiger partial charge is 0.304 e. The van der Waals surface area contributed by atoms with Crippen molar-refractivity contribution in [2.75, 3.05) is 0 Å². The number of hydrogen-bond acceptors (Lipinski definition) is 0. The van der Waals surface area contributed by atoms with Crippen molar-refractivity contribution in [3.63, 3.8) is 0 Å². The first-order valence-electron chi connectivity index (χ1n) is 9.83. The normalized spacial score (nSPS) is 19.6. The summed E-state index contributed by atoms with van der Waals surface area (Å²) < 4.78 is 0. The van der Waals surface area contributed by atoms with Crippen molar-refractivity contribution in [2.45, 2.75) is 62.7 Å². The Balaban J connectivity index is 1.71. The minimum atomic E-state index is -1.40. The molecule has 2 aromatic carbocycles. The van der Waals surface area contributed by atoms with Gasteiger partial charge in [0.25, 0.3) is 0 Å². The fourth-order valence-corrected chi connectivity index (χ4v) is 11.4. The van der Waals surface area contributed by atoms with Gasteiger partial charge in [0.1, 0.15) is 0 Å². The average Bonchev–Trinajstić information content (AvgIpc) is 3.39. The maximum absolute atomic E-state index is 6.70. The van der Waals surface area contributed by atoms with E-state index in [0.717, 1.165) is 11.3 Å². The van der Waals surface area contributed by atoms with Crippen molar-refractivity contribution in [1.29, 1.82) is 0 Å². The molecule has 0 atom stereocenters. The highest BCUT2D eigenvalue weighted by Crippen LogP contribution is 2.74. The summed E-state index contributed by atoms with van der Waals surface area (Å²) >= 11 is 6.70. The predicted octanol–water partition coefficient (Wildman–Crippen LogP) is 7.24. The van der Waals surface area contributed by atoms with Crippen LogP contribution in [0.5, 0.6) is 0 Å². The van der Waals surface area contributed by atoms with E-state index in [1.165, 1.54) is 62.5 Å². The van der Waals surface area contributed by atoms with Crippen LogP contribution >= 0.6 is 18.9 Å². The molecular weight excluding hydrogens is 343 g/mol. The highest BCUT2D eigenvalue weighted by Gasteiger charge is 2.48. The second kappa shape index (κ2) is 7.81. The molecule has 2 fully saturated rings. The van der Waals surface area contributed by atoms with Crippen molar-refractivity contribution in [1.82, 2.24) is 0 Å². The Bertz CT molecular complexity index is 651. The van der Waals surface area contributed by atoms with E-state index in [1.807, 2.05) is 0 Å². The average molecular weight is 371 g/mol. The molecule has 2 aliphatic carbocycles. The predicted molar refractivity (Wildman–Crippen MR) is 113 cm³/mol. The summed E-state index contributed by atoms with van der Waals surface area (Å²) in [5.41, 5.74) is 6.45. The molecule has 0 heterocycles. The van der Waals surface area contributed by atoms with Crippen LogP contribution in [0.15, 0.2) is 54.6 Å². The van der Waals surface area contributed by atoms with Gasteiger partial charge in [0.2, 0.25) is 0 Å². The first-order chi connectivity index (χ1) is 12.3. The van der Waals surface area contributed by atoms with Crippen molar-refractivity contribution in [3.8, 4) is 11.1 Å². The van der Waals surface area contributed by atoms with Gasteiger partial charge in [-0.3, -0.25) is 0 Å². The summed E-state index contributed by atoms with van der Waals surface area (Å²) in [4.78, 5) is 0. The minimum absolute atomic E-state index is 0.829. The smallest absolute Gasteiger partial charge is 0.0665 e. The van der Waals surface area contributed by atoms with E-state index in [1.54, 1.807) is 5.30 Å². The van der Waals surface area contributed by atoms with Crippen LogP contribution in [-0.2, 0) is 0 Å². The lowest BCUT2D eigenvalue weighted by atomic mass is 10.1. The molecule has 2 heteroatoms. The lowest BCUT2D eigenvalue weighted by Crippen LogP contribution is -2.28. The van der Waals surface area contributed by atoms with Gasteiger partial charge in [0, 0.05) is 11.3 Å². The highest BCUT2D eigenvalue weighted by atomic mass is 35.5. The molecule has 0 saturated heterocycles. The van der Waals surface area contributed by atoms with Gasteiger partial charge in [-0.15, -0.1) is 0 Å². The van der Waals surface area contributed by atoms with Gasteiger partial charge in [-0.2, -0.15) is 0 Å². The Morgan fingerprint density at radius 3 is 1.64 bits per heavy atom. The molecule has 0 bridgehead atoms. The lowest BCUT2D eigenvalue weighted by molar-refractivity contribution is 0.823. The Morgan fingerprint density at radius 1 is 0.680 bits per heavy atom. The van der Waals surface area contributed by atoms with Crippen molar-refractivity contribution >= 4 is 24.2 Å². The molecule has 4 rings (SSSR count). The Kier molecular flexibility index (Phi) is 5.49. The number of rotatable bonds is 5. The van der Waals surface area contributed by atoms with Gasteiger partial charge in [0.05, 0.1) is 5.30 Å². The van der Waals surface area contributed by atoms with Gasteiger partial charge in [-0.1, -0.05) is 55.3 Å². The summed E-state index contributed by atoms with van der Waals surface area (Å²) in [5.74, 6) is 0.